The Labute approximate surface area is 139 Å². The molecule has 0 fully saturated rings. The van der Waals surface area contributed by atoms with E-state index in [-0.39, 0.29) is 143 Å². The van der Waals surface area contributed by atoms with Crippen molar-refractivity contribution < 1.29 is 125 Å². The molecule has 0 atom stereocenters. The van der Waals surface area contributed by atoms with Crippen LogP contribution in [0.5, 0.6) is 0 Å². The largest absolute Gasteiger partial charge is 0 e. The van der Waals surface area contributed by atoms with Gasteiger partial charge in [0.25, 0.3) is 0 Å². The Morgan fingerprint density at radius 1 is 1.00 bits per heavy atom. The molecule has 0 aromatic carbocycles. The fraction of sp³-hybridized carbons (Fsp3) is 0. The van der Waals surface area contributed by atoms with Gasteiger partial charge in [-0.1, -0.05) is 0 Å². The van der Waals surface area contributed by atoms with E-state index in [0.29, 0.717) is 0 Å². The van der Waals surface area contributed by atoms with E-state index in [1.807, 2.05) is 0 Å². The van der Waals surface area contributed by atoms with Crippen LogP contribution in [0.3, 0.4) is 0 Å². The third kappa shape index (κ3) is 9.86. The van der Waals surface area contributed by atoms with Crippen LogP contribution >= 0.6 is 0 Å². The maximum atomic E-state index is 0. The molecule has 0 aliphatic heterocycles. The summed E-state index contributed by atoms with van der Waals surface area (Å²) in [5.74, 6) is 0. The molecule has 0 N–H and O–H groups in total. The van der Waals surface area contributed by atoms with Crippen LogP contribution in [0, 0.1) is 125 Å². The second-order valence-electron chi connectivity index (χ2n) is 0. The molecule has 0 nitrogen and oxygen atoms in total. The summed E-state index contributed by atoms with van der Waals surface area (Å²) in [7, 11) is 0. The SMILES string of the molecule is [LiH].[Nd].[Tm].[Yb]. The molecule has 0 aromatic rings. The molecule has 0 spiro atoms. The van der Waals surface area contributed by atoms with Crippen molar-refractivity contribution in [3.05, 3.63) is 0 Å². The second kappa shape index (κ2) is 15.6. The van der Waals surface area contributed by atoms with Gasteiger partial charge in [-0.05, 0) is 0 Å². The Bertz CT molecular complexity index is 8.00. The van der Waals surface area contributed by atoms with Crippen molar-refractivity contribution in [2.24, 2.45) is 0 Å². The molecule has 0 aliphatic rings. The second-order valence-corrected chi connectivity index (χ2v) is 0. The van der Waals surface area contributed by atoms with Crippen LogP contribution in [-0.2, 0) is 0 Å². The summed E-state index contributed by atoms with van der Waals surface area (Å²) in [4.78, 5) is 0. The molecule has 0 heterocycles. The first kappa shape index (κ1) is 23.3. The minimum Gasteiger partial charge on any atom is 0 e. The van der Waals surface area contributed by atoms with Gasteiger partial charge in [0.2, 0.25) is 0 Å². The van der Waals surface area contributed by atoms with Gasteiger partial charge in [0.05, 0.1) is 0 Å². The average molecular weight is 494 g/mol. The first-order valence-corrected chi connectivity index (χ1v) is 0. The fourth-order valence-electron chi connectivity index (χ4n) is 0. The molecule has 0 unspecified atom stereocenters. The zero-order valence-electron chi connectivity index (χ0n) is 1.04. The smallest absolute Gasteiger partial charge is 0 e. The molecule has 0 saturated carbocycles. The van der Waals surface area contributed by atoms with Crippen LogP contribution in [0.4, 0.5) is 0 Å². The predicted octanol–water partition coefficient (Wildman–Crippen LogP) is -0.649. The fourth-order valence-corrected chi connectivity index (χ4v) is 0. The van der Waals surface area contributed by atoms with E-state index in [1.54, 1.807) is 0 Å². The van der Waals surface area contributed by atoms with E-state index in [4.69, 9.17) is 0 Å². The normalized spacial score (nSPS) is 0. The van der Waals surface area contributed by atoms with Gasteiger partial charge in [-0.2, -0.15) is 0 Å². The van der Waals surface area contributed by atoms with E-state index in [9.17, 15) is 0 Å². The molecule has 33 valence electrons. The van der Waals surface area contributed by atoms with Crippen molar-refractivity contribution in [1.82, 2.24) is 0 Å². The Kier molecular flexibility index (Phi) is 91.3. The van der Waals surface area contributed by atoms with Crippen molar-refractivity contribution in [2.75, 3.05) is 0 Å². The summed E-state index contributed by atoms with van der Waals surface area (Å²) in [6, 6.07) is 0. The third-order valence-corrected chi connectivity index (χ3v) is 0. The summed E-state index contributed by atoms with van der Waals surface area (Å²) < 4.78 is 0. The zero-order valence-corrected chi connectivity index (χ0v) is 7.75. The van der Waals surface area contributed by atoms with Gasteiger partial charge in [0.15, 0.2) is 0 Å². The Balaban J connectivity index is 0. The molecular weight excluding hydrogens is 493 g/mol. The standard InChI is InChI=1S/Li.Nd.Tm.Yb.H. The Hall–Kier alpha value is 4.70. The molecule has 0 saturated heterocycles. The molecule has 1 radical (unpaired) electrons. The summed E-state index contributed by atoms with van der Waals surface area (Å²) in [6.45, 7) is 0. The number of hydrogen-bond acceptors (Lipinski definition) is 0. The van der Waals surface area contributed by atoms with Crippen LogP contribution in [0.25, 0.3) is 0 Å². The minimum absolute atomic E-state index is 0. The number of rotatable bonds is 0. The average Bonchev–Trinajstić information content (AvgIpc) is 0. The summed E-state index contributed by atoms with van der Waals surface area (Å²) in [5.41, 5.74) is 0. The van der Waals surface area contributed by atoms with Gasteiger partial charge < -0.3 is 0 Å². The summed E-state index contributed by atoms with van der Waals surface area (Å²) >= 11 is 0. The third-order valence-electron chi connectivity index (χ3n) is 0. The molecular formula is HLiNdTmYb. The molecule has 0 amide bonds. The Morgan fingerprint density at radius 2 is 1.00 bits per heavy atom. The Morgan fingerprint density at radius 3 is 1.00 bits per heavy atom. The first-order chi connectivity index (χ1) is 0. The van der Waals surface area contributed by atoms with Crippen molar-refractivity contribution in [3.63, 3.8) is 0 Å². The molecule has 0 aliphatic carbocycles. The monoisotopic (exact) mass is 493 g/mol. The van der Waals surface area contributed by atoms with Gasteiger partial charge in [0.1, 0.15) is 0 Å². The van der Waals surface area contributed by atoms with E-state index < -0.39 is 0 Å². The van der Waals surface area contributed by atoms with Gasteiger partial charge in [-0.3, -0.25) is 0 Å². The first-order valence-electron chi connectivity index (χ1n) is 0. The van der Waals surface area contributed by atoms with E-state index in [0.717, 1.165) is 0 Å². The van der Waals surface area contributed by atoms with E-state index in [1.165, 1.54) is 0 Å². The van der Waals surface area contributed by atoms with Gasteiger partial charge in [0, 0.05) is 125 Å². The van der Waals surface area contributed by atoms with Crippen LogP contribution in [0.2, 0.25) is 0 Å². The van der Waals surface area contributed by atoms with Gasteiger partial charge in [-0.15, -0.1) is 0 Å². The molecule has 4 heavy (non-hydrogen) atoms. The summed E-state index contributed by atoms with van der Waals surface area (Å²) in [6.07, 6.45) is 0. The maximum Gasteiger partial charge on any atom is 0 e. The predicted molar refractivity (Wildman–Crippen MR) is 7.15 cm³/mol. The van der Waals surface area contributed by atoms with Crippen molar-refractivity contribution in [1.29, 1.82) is 0 Å². The van der Waals surface area contributed by atoms with Crippen molar-refractivity contribution in [2.45, 2.75) is 0 Å². The molecule has 4 heteroatoms. The van der Waals surface area contributed by atoms with Crippen LogP contribution in [0.15, 0.2) is 0 Å². The van der Waals surface area contributed by atoms with Crippen LogP contribution < -0.4 is 0 Å². The molecule has 0 bridgehead atoms. The van der Waals surface area contributed by atoms with Gasteiger partial charge >= 0.3 is 18.9 Å². The molecule has 0 aromatic heterocycles. The topological polar surface area (TPSA) is 0 Å². The maximum absolute atomic E-state index is 0. The van der Waals surface area contributed by atoms with E-state index in [2.05, 4.69) is 0 Å². The van der Waals surface area contributed by atoms with Crippen LogP contribution in [0.1, 0.15) is 0 Å². The van der Waals surface area contributed by atoms with E-state index >= 15 is 0 Å². The quantitative estimate of drug-likeness (QED) is 0.393. The molecule has 0 rings (SSSR count). The zero-order chi connectivity index (χ0) is 0. The van der Waals surface area contributed by atoms with Crippen LogP contribution in [-0.4, -0.2) is 18.9 Å². The van der Waals surface area contributed by atoms with Gasteiger partial charge in [-0.25, -0.2) is 0 Å². The number of hydrogen-bond donors (Lipinski definition) is 0. The van der Waals surface area contributed by atoms with Crippen molar-refractivity contribution >= 4 is 18.9 Å². The minimum atomic E-state index is 0. The van der Waals surface area contributed by atoms with Crippen molar-refractivity contribution in [3.8, 4) is 0 Å². The summed E-state index contributed by atoms with van der Waals surface area (Å²) in [5, 5.41) is 0.